The Bertz CT molecular complexity index is 1090. The first-order chi connectivity index (χ1) is 15.0. The molecule has 2 N–H and O–H groups in total. The lowest BCUT2D eigenvalue weighted by atomic mass is 10.2. The number of nitrogens with zero attached hydrogens (tertiary/aromatic N) is 3. The van der Waals surface area contributed by atoms with Gasteiger partial charge in [-0.15, -0.1) is 10.2 Å². The topological polar surface area (TPSA) is 96.4 Å². The predicted octanol–water partition coefficient (Wildman–Crippen LogP) is 4.31. The van der Waals surface area contributed by atoms with E-state index < -0.39 is 11.7 Å². The van der Waals surface area contributed by atoms with Crippen molar-refractivity contribution in [3.63, 3.8) is 0 Å². The van der Waals surface area contributed by atoms with Crippen molar-refractivity contribution in [2.45, 2.75) is 18.9 Å². The molecule has 1 aliphatic rings. The smallest absolute Gasteiger partial charge is 0.322 e. The molecule has 31 heavy (non-hydrogen) atoms. The van der Waals surface area contributed by atoms with Gasteiger partial charge in [0.25, 0.3) is 5.91 Å². The fourth-order valence-electron chi connectivity index (χ4n) is 3.35. The van der Waals surface area contributed by atoms with Crippen molar-refractivity contribution in [3.05, 3.63) is 64.4 Å². The van der Waals surface area contributed by atoms with Crippen LogP contribution in [0.25, 0.3) is 0 Å². The van der Waals surface area contributed by atoms with E-state index in [4.69, 9.17) is 4.74 Å². The quantitative estimate of drug-likeness (QED) is 0.615. The molecule has 0 unspecified atom stereocenters. The van der Waals surface area contributed by atoms with Gasteiger partial charge in [-0.2, -0.15) is 0 Å². The Morgan fingerprint density at radius 1 is 1.13 bits per heavy atom. The molecule has 3 aromatic rings. The van der Waals surface area contributed by atoms with Gasteiger partial charge in [0.1, 0.15) is 16.6 Å². The highest BCUT2D eigenvalue weighted by Crippen LogP contribution is 2.34. The molecule has 1 aromatic heterocycles. The number of hydrogen-bond acceptors (Lipinski definition) is 6. The zero-order valence-corrected chi connectivity index (χ0v) is 17.5. The van der Waals surface area contributed by atoms with E-state index in [0.717, 1.165) is 24.2 Å². The van der Waals surface area contributed by atoms with Crippen molar-refractivity contribution in [2.75, 3.05) is 24.3 Å². The number of benzene rings is 2. The van der Waals surface area contributed by atoms with E-state index in [-0.39, 0.29) is 17.1 Å². The van der Waals surface area contributed by atoms with E-state index in [1.54, 1.807) is 42.3 Å². The van der Waals surface area contributed by atoms with Crippen LogP contribution in [0.15, 0.2) is 48.5 Å². The third-order valence-corrected chi connectivity index (χ3v) is 5.88. The number of anilines is 2. The van der Waals surface area contributed by atoms with E-state index in [1.807, 2.05) is 0 Å². The van der Waals surface area contributed by atoms with Crippen LogP contribution in [0.3, 0.4) is 0 Å². The maximum absolute atomic E-state index is 13.3. The van der Waals surface area contributed by atoms with Crippen LogP contribution in [0.1, 0.15) is 33.7 Å². The van der Waals surface area contributed by atoms with E-state index in [1.165, 1.54) is 18.2 Å². The highest BCUT2D eigenvalue weighted by atomic mass is 32.1. The molecule has 0 radical (unpaired) electrons. The van der Waals surface area contributed by atoms with Gasteiger partial charge in [0.15, 0.2) is 0 Å². The Kier molecular flexibility index (Phi) is 6.08. The van der Waals surface area contributed by atoms with E-state index >= 15 is 0 Å². The minimum atomic E-state index is -0.471. The number of nitrogens with one attached hydrogen (secondary N) is 2. The lowest BCUT2D eigenvalue weighted by Crippen LogP contribution is -2.34. The molecule has 1 saturated heterocycles. The van der Waals surface area contributed by atoms with Crippen molar-refractivity contribution in [1.29, 1.82) is 0 Å². The van der Waals surface area contributed by atoms with Gasteiger partial charge >= 0.3 is 6.03 Å². The van der Waals surface area contributed by atoms with Crippen LogP contribution in [0.4, 0.5) is 20.6 Å². The number of methoxy groups -OCH3 is 1. The third kappa shape index (κ3) is 4.80. The van der Waals surface area contributed by atoms with Crippen molar-refractivity contribution in [1.82, 2.24) is 15.1 Å². The second kappa shape index (κ2) is 9.09. The summed E-state index contributed by atoms with van der Waals surface area (Å²) in [5, 5.41) is 14.3. The van der Waals surface area contributed by atoms with Crippen molar-refractivity contribution in [2.24, 2.45) is 0 Å². The minimum Gasteiger partial charge on any atom is -0.497 e. The van der Waals surface area contributed by atoms with Crippen LogP contribution in [0, 0.1) is 5.82 Å². The Labute approximate surface area is 182 Å². The van der Waals surface area contributed by atoms with E-state index in [9.17, 15) is 14.0 Å². The number of urea groups is 1. The monoisotopic (exact) mass is 441 g/mol. The molecule has 2 heterocycles. The van der Waals surface area contributed by atoms with Crippen LogP contribution in [0.2, 0.25) is 0 Å². The van der Waals surface area contributed by atoms with Gasteiger partial charge in [0.2, 0.25) is 5.01 Å². The second-order valence-electron chi connectivity index (χ2n) is 6.92. The first-order valence-electron chi connectivity index (χ1n) is 9.65. The van der Waals surface area contributed by atoms with Crippen molar-refractivity contribution in [3.8, 4) is 5.75 Å². The molecule has 0 aliphatic carbocycles. The van der Waals surface area contributed by atoms with Gasteiger partial charge in [-0.05, 0) is 55.3 Å². The fraction of sp³-hybridized carbons (Fsp3) is 0.238. The Morgan fingerprint density at radius 2 is 1.94 bits per heavy atom. The van der Waals surface area contributed by atoms with Gasteiger partial charge < -0.3 is 20.3 Å². The molecule has 160 valence electrons. The van der Waals surface area contributed by atoms with Gasteiger partial charge in [-0.25, -0.2) is 9.18 Å². The Hall–Kier alpha value is -3.53. The summed E-state index contributed by atoms with van der Waals surface area (Å²) < 4.78 is 18.4. The average Bonchev–Trinajstić information content (AvgIpc) is 3.44. The first kappa shape index (κ1) is 20.7. The summed E-state index contributed by atoms with van der Waals surface area (Å²) in [6, 6.07) is 12.2. The summed E-state index contributed by atoms with van der Waals surface area (Å²) in [4.78, 5) is 26.9. The highest BCUT2D eigenvalue weighted by Gasteiger charge is 2.33. The van der Waals surface area contributed by atoms with Crippen LogP contribution in [-0.2, 0) is 0 Å². The van der Waals surface area contributed by atoms with Gasteiger partial charge in [0, 0.05) is 17.9 Å². The Balaban J connectivity index is 1.43. The minimum absolute atomic E-state index is 0.154. The molecule has 0 saturated carbocycles. The number of hydrogen-bond donors (Lipinski definition) is 2. The number of halogens is 1. The lowest BCUT2D eigenvalue weighted by molar-refractivity contribution is 0.102. The molecule has 3 amide bonds. The number of amides is 3. The lowest BCUT2D eigenvalue weighted by Gasteiger charge is -2.23. The van der Waals surface area contributed by atoms with Crippen LogP contribution in [0.5, 0.6) is 5.75 Å². The number of carbonyl (C=O) groups excluding carboxylic acids is 2. The highest BCUT2D eigenvalue weighted by molar-refractivity contribution is 7.13. The second-order valence-corrected chi connectivity index (χ2v) is 7.93. The molecule has 2 aromatic carbocycles. The molecule has 1 atom stereocenters. The number of aromatic nitrogens is 2. The molecular weight excluding hydrogens is 421 g/mol. The van der Waals surface area contributed by atoms with Crippen LogP contribution in [-0.4, -0.2) is 40.7 Å². The van der Waals surface area contributed by atoms with Crippen molar-refractivity contribution < 1.29 is 18.7 Å². The molecule has 4 rings (SSSR count). The van der Waals surface area contributed by atoms with Crippen LogP contribution < -0.4 is 15.4 Å². The SMILES string of the molecule is COc1ccc(NC(=O)N2CCC[C@@H]2c2nnc(C(=O)Nc3cccc(F)c3)s2)cc1. The molecule has 0 bridgehead atoms. The third-order valence-electron chi connectivity index (χ3n) is 4.86. The number of ether oxygens (including phenoxy) is 1. The van der Waals surface area contributed by atoms with Gasteiger partial charge in [-0.1, -0.05) is 17.4 Å². The zero-order valence-electron chi connectivity index (χ0n) is 16.7. The molecule has 10 heteroatoms. The van der Waals surface area contributed by atoms with Crippen LogP contribution >= 0.6 is 11.3 Å². The summed E-state index contributed by atoms with van der Waals surface area (Å²) in [6.45, 7) is 0.580. The summed E-state index contributed by atoms with van der Waals surface area (Å²) >= 11 is 1.13. The Morgan fingerprint density at radius 3 is 2.68 bits per heavy atom. The fourth-order valence-corrected chi connectivity index (χ4v) is 4.23. The van der Waals surface area contributed by atoms with Crippen molar-refractivity contribution >= 4 is 34.6 Å². The number of carbonyl (C=O) groups is 2. The predicted molar refractivity (Wildman–Crippen MR) is 115 cm³/mol. The standard InChI is InChI=1S/C21H20FN5O3S/c1-30-16-9-7-14(8-10-16)24-21(29)27-11-3-6-17(27)19-25-26-20(31-19)18(28)23-15-5-2-4-13(22)12-15/h2,4-5,7-10,12,17H,3,6,11H2,1H3,(H,23,28)(H,24,29)/t17-/m1/s1. The van der Waals surface area contributed by atoms with E-state index in [2.05, 4.69) is 20.8 Å². The summed E-state index contributed by atoms with van der Waals surface area (Å²) in [7, 11) is 1.58. The maximum atomic E-state index is 13.3. The summed E-state index contributed by atoms with van der Waals surface area (Å²) in [6.07, 6.45) is 1.56. The normalized spacial score (nSPS) is 15.5. The molecule has 8 nitrogen and oxygen atoms in total. The summed E-state index contributed by atoms with van der Waals surface area (Å²) in [5.74, 6) is -0.211. The zero-order chi connectivity index (χ0) is 21.8. The largest absolute Gasteiger partial charge is 0.497 e. The van der Waals surface area contributed by atoms with E-state index in [0.29, 0.717) is 28.7 Å². The molecular formula is C21H20FN5O3S. The maximum Gasteiger partial charge on any atom is 0.322 e. The molecule has 0 spiro atoms. The summed E-state index contributed by atoms with van der Waals surface area (Å²) in [5.41, 5.74) is 0.993. The number of rotatable bonds is 5. The average molecular weight is 441 g/mol. The molecule has 1 aliphatic heterocycles. The first-order valence-corrected chi connectivity index (χ1v) is 10.5. The van der Waals surface area contributed by atoms with Gasteiger partial charge in [-0.3, -0.25) is 4.79 Å². The number of likely N-dealkylation sites (tertiary alicyclic amines) is 1. The van der Waals surface area contributed by atoms with Gasteiger partial charge in [0.05, 0.1) is 13.2 Å². The molecule has 1 fully saturated rings.